The number of rotatable bonds is 3. The molecule has 88 valence electrons. The molecule has 0 bridgehead atoms. The van der Waals surface area contributed by atoms with Gasteiger partial charge in [-0.2, -0.15) is 5.10 Å². The fourth-order valence-electron chi connectivity index (χ4n) is 2.22. The van der Waals surface area contributed by atoms with Gasteiger partial charge in [0.1, 0.15) is 5.75 Å². The smallest absolute Gasteiger partial charge is 0.151 e. The number of hydrogen-bond donors (Lipinski definition) is 2. The van der Waals surface area contributed by atoms with E-state index in [1.165, 1.54) is 16.8 Å². The maximum Gasteiger partial charge on any atom is 0.151 e. The summed E-state index contributed by atoms with van der Waals surface area (Å²) in [6.45, 7) is 1.00. The second kappa shape index (κ2) is 4.13. The molecule has 0 saturated heterocycles. The molecule has 1 aliphatic rings. The van der Waals surface area contributed by atoms with Crippen molar-refractivity contribution >= 4 is 5.82 Å². The fourth-order valence-corrected chi connectivity index (χ4v) is 2.22. The molecule has 0 spiro atoms. The first-order chi connectivity index (χ1) is 8.36. The Bertz CT molecular complexity index is 516. The lowest BCUT2D eigenvalue weighted by Gasteiger charge is -2.03. The Morgan fingerprint density at radius 1 is 1.29 bits per heavy atom. The van der Waals surface area contributed by atoms with Crippen LogP contribution in [0.4, 0.5) is 5.82 Å². The van der Waals surface area contributed by atoms with Crippen LogP contribution in [0.2, 0.25) is 0 Å². The molecule has 4 heteroatoms. The van der Waals surface area contributed by atoms with Crippen molar-refractivity contribution in [3.63, 3.8) is 0 Å². The van der Waals surface area contributed by atoms with E-state index < -0.39 is 0 Å². The van der Waals surface area contributed by atoms with Crippen LogP contribution in [0, 0.1) is 0 Å². The molecule has 0 atom stereocenters. The van der Waals surface area contributed by atoms with Gasteiger partial charge in [-0.05, 0) is 24.1 Å². The highest BCUT2D eigenvalue weighted by molar-refractivity contribution is 5.52. The number of H-pyrrole nitrogens is 1. The second-order valence-electron chi connectivity index (χ2n) is 4.23. The molecule has 0 fully saturated rings. The molecule has 0 aliphatic carbocycles. The largest absolute Gasteiger partial charge is 0.497 e. The molecule has 2 heterocycles. The van der Waals surface area contributed by atoms with Gasteiger partial charge >= 0.3 is 0 Å². The molecule has 1 aliphatic heterocycles. The minimum Gasteiger partial charge on any atom is -0.497 e. The van der Waals surface area contributed by atoms with Crippen LogP contribution in [0.5, 0.6) is 5.75 Å². The van der Waals surface area contributed by atoms with E-state index in [1.807, 2.05) is 12.1 Å². The Kier molecular flexibility index (Phi) is 2.48. The lowest BCUT2D eigenvalue weighted by atomic mass is 10.1. The number of aromatic nitrogens is 2. The number of aromatic amines is 1. The van der Waals surface area contributed by atoms with E-state index in [2.05, 4.69) is 27.6 Å². The number of ether oxygens (including phenoxy) is 1. The van der Waals surface area contributed by atoms with E-state index in [1.54, 1.807) is 7.11 Å². The molecule has 4 nitrogen and oxygen atoms in total. The summed E-state index contributed by atoms with van der Waals surface area (Å²) < 4.78 is 5.15. The number of anilines is 1. The van der Waals surface area contributed by atoms with E-state index in [4.69, 9.17) is 4.74 Å². The van der Waals surface area contributed by atoms with Crippen LogP contribution in [0.3, 0.4) is 0 Å². The first-order valence-corrected chi connectivity index (χ1v) is 5.80. The van der Waals surface area contributed by atoms with E-state index in [-0.39, 0.29) is 0 Å². The number of nitrogens with one attached hydrogen (secondary N) is 2. The van der Waals surface area contributed by atoms with Crippen molar-refractivity contribution in [2.45, 2.75) is 12.8 Å². The van der Waals surface area contributed by atoms with Crippen LogP contribution in [-0.4, -0.2) is 23.9 Å². The van der Waals surface area contributed by atoms with Crippen molar-refractivity contribution in [2.75, 3.05) is 19.0 Å². The molecular formula is C13H15N3O. The zero-order chi connectivity index (χ0) is 11.7. The topological polar surface area (TPSA) is 49.9 Å². The maximum atomic E-state index is 5.15. The van der Waals surface area contributed by atoms with Gasteiger partial charge in [0.25, 0.3) is 0 Å². The average Bonchev–Trinajstić information content (AvgIpc) is 2.95. The lowest BCUT2D eigenvalue weighted by molar-refractivity contribution is 0.414. The van der Waals surface area contributed by atoms with Gasteiger partial charge in [-0.15, -0.1) is 0 Å². The number of fused-ring (bicyclic) bond motifs is 1. The number of nitrogens with zero attached hydrogens (tertiary/aromatic N) is 1. The third-order valence-corrected chi connectivity index (χ3v) is 3.16. The van der Waals surface area contributed by atoms with Gasteiger partial charge in [0.05, 0.1) is 7.11 Å². The predicted molar refractivity (Wildman–Crippen MR) is 66.6 cm³/mol. The second-order valence-corrected chi connectivity index (χ2v) is 4.23. The van der Waals surface area contributed by atoms with Crippen LogP contribution >= 0.6 is 0 Å². The predicted octanol–water partition coefficient (Wildman–Crippen LogP) is 1.98. The highest BCUT2D eigenvalue weighted by Crippen LogP contribution is 2.24. The van der Waals surface area contributed by atoms with Gasteiger partial charge in [0.2, 0.25) is 0 Å². The van der Waals surface area contributed by atoms with Crippen molar-refractivity contribution < 1.29 is 4.74 Å². The van der Waals surface area contributed by atoms with Gasteiger partial charge in [-0.1, -0.05) is 12.1 Å². The van der Waals surface area contributed by atoms with Crippen LogP contribution < -0.4 is 10.1 Å². The third-order valence-electron chi connectivity index (χ3n) is 3.16. The van der Waals surface area contributed by atoms with E-state index in [0.717, 1.165) is 31.0 Å². The molecule has 0 saturated carbocycles. The molecule has 0 unspecified atom stereocenters. The van der Waals surface area contributed by atoms with Gasteiger partial charge in [0, 0.05) is 24.2 Å². The zero-order valence-electron chi connectivity index (χ0n) is 9.79. The van der Waals surface area contributed by atoms with Crippen molar-refractivity contribution in [2.24, 2.45) is 0 Å². The van der Waals surface area contributed by atoms with Crippen molar-refractivity contribution in [1.82, 2.24) is 10.2 Å². The lowest BCUT2D eigenvalue weighted by Crippen LogP contribution is -1.97. The van der Waals surface area contributed by atoms with Crippen LogP contribution in [0.25, 0.3) is 0 Å². The molecular weight excluding hydrogens is 214 g/mol. The van der Waals surface area contributed by atoms with Crippen molar-refractivity contribution in [3.8, 4) is 5.75 Å². The molecule has 2 N–H and O–H groups in total. The summed E-state index contributed by atoms with van der Waals surface area (Å²) in [5.74, 6) is 1.92. The molecule has 0 amide bonds. The maximum absolute atomic E-state index is 5.15. The molecule has 1 aromatic heterocycles. The quantitative estimate of drug-likeness (QED) is 0.846. The SMILES string of the molecule is COc1ccc(Cc2[nH]nc3c2CCN3)cc1. The Hall–Kier alpha value is -1.97. The summed E-state index contributed by atoms with van der Waals surface area (Å²) in [7, 11) is 1.68. The minimum atomic E-state index is 0.894. The summed E-state index contributed by atoms with van der Waals surface area (Å²) >= 11 is 0. The Morgan fingerprint density at radius 2 is 2.12 bits per heavy atom. The number of hydrogen-bond acceptors (Lipinski definition) is 3. The first-order valence-electron chi connectivity index (χ1n) is 5.80. The summed E-state index contributed by atoms with van der Waals surface area (Å²) in [5.41, 5.74) is 3.82. The number of benzene rings is 1. The van der Waals surface area contributed by atoms with Gasteiger partial charge in [-0.25, -0.2) is 0 Å². The highest BCUT2D eigenvalue weighted by Gasteiger charge is 2.17. The molecule has 3 rings (SSSR count). The fraction of sp³-hybridized carbons (Fsp3) is 0.308. The molecule has 1 aromatic carbocycles. The van der Waals surface area contributed by atoms with Crippen LogP contribution in [0.1, 0.15) is 16.8 Å². The molecule has 0 radical (unpaired) electrons. The Balaban J connectivity index is 1.81. The van der Waals surface area contributed by atoms with Crippen LogP contribution in [-0.2, 0) is 12.8 Å². The Labute approximate surface area is 100 Å². The summed E-state index contributed by atoms with van der Waals surface area (Å²) in [4.78, 5) is 0. The van der Waals surface area contributed by atoms with Crippen molar-refractivity contribution in [3.05, 3.63) is 41.1 Å². The summed E-state index contributed by atoms with van der Waals surface area (Å²) in [6, 6.07) is 8.16. The third kappa shape index (κ3) is 1.86. The van der Waals surface area contributed by atoms with Crippen molar-refractivity contribution in [1.29, 1.82) is 0 Å². The van der Waals surface area contributed by atoms with E-state index >= 15 is 0 Å². The molecule has 2 aromatic rings. The Morgan fingerprint density at radius 3 is 2.88 bits per heavy atom. The van der Waals surface area contributed by atoms with E-state index in [0.29, 0.717) is 0 Å². The summed E-state index contributed by atoms with van der Waals surface area (Å²) in [6.07, 6.45) is 1.96. The monoisotopic (exact) mass is 229 g/mol. The van der Waals surface area contributed by atoms with Gasteiger partial charge < -0.3 is 10.1 Å². The first kappa shape index (κ1) is 10.2. The highest BCUT2D eigenvalue weighted by atomic mass is 16.5. The summed E-state index contributed by atoms with van der Waals surface area (Å²) in [5, 5.41) is 10.6. The average molecular weight is 229 g/mol. The van der Waals surface area contributed by atoms with Gasteiger partial charge in [0.15, 0.2) is 5.82 Å². The minimum absolute atomic E-state index is 0.894. The van der Waals surface area contributed by atoms with Gasteiger partial charge in [-0.3, -0.25) is 5.10 Å². The number of methoxy groups -OCH3 is 1. The zero-order valence-corrected chi connectivity index (χ0v) is 9.79. The molecule has 17 heavy (non-hydrogen) atoms. The normalized spacial score (nSPS) is 13.2. The van der Waals surface area contributed by atoms with Crippen LogP contribution in [0.15, 0.2) is 24.3 Å². The standard InChI is InChI=1S/C13H15N3O/c1-17-10-4-2-9(3-5-10)8-12-11-6-7-14-13(11)16-15-12/h2-5H,6-8H2,1H3,(H2,14,15,16). The van der Waals surface area contributed by atoms with E-state index in [9.17, 15) is 0 Å².